The van der Waals surface area contributed by atoms with Gasteiger partial charge in [-0.25, -0.2) is 9.97 Å². The molecule has 0 amide bonds. The second-order valence-corrected chi connectivity index (χ2v) is 3.71. The van der Waals surface area contributed by atoms with Crippen molar-refractivity contribution in [3.8, 4) is 0 Å². The van der Waals surface area contributed by atoms with Gasteiger partial charge in [-0.05, 0) is 12.0 Å². The van der Waals surface area contributed by atoms with Crippen molar-refractivity contribution in [1.29, 1.82) is 0 Å². The average Bonchev–Trinajstić information content (AvgIpc) is 2.17. The van der Waals surface area contributed by atoms with E-state index in [0.717, 1.165) is 17.8 Å². The van der Waals surface area contributed by atoms with Gasteiger partial charge in [-0.15, -0.1) is 0 Å². The summed E-state index contributed by atoms with van der Waals surface area (Å²) in [6.45, 7) is 4.07. The third kappa shape index (κ3) is 1.35. The lowest BCUT2D eigenvalue weighted by atomic mass is 9.94. The lowest BCUT2D eigenvalue weighted by molar-refractivity contribution is 0.104. The zero-order chi connectivity index (χ0) is 10.1. The van der Waals surface area contributed by atoms with Crippen LogP contribution < -0.4 is 0 Å². The predicted octanol–water partition coefficient (Wildman–Crippen LogP) is 1.90. The highest BCUT2D eigenvalue weighted by molar-refractivity contribution is 6.07. The number of carbonyl (C=O) groups excluding carboxylic acids is 1. The summed E-state index contributed by atoms with van der Waals surface area (Å²) in [6.07, 6.45) is 5.74. The zero-order valence-corrected chi connectivity index (χ0v) is 8.32. The summed E-state index contributed by atoms with van der Waals surface area (Å²) in [7, 11) is 0. The number of ketones is 1. The fourth-order valence-electron chi connectivity index (χ4n) is 1.66. The van der Waals surface area contributed by atoms with E-state index in [4.69, 9.17) is 0 Å². The van der Waals surface area contributed by atoms with Crippen molar-refractivity contribution in [3.63, 3.8) is 0 Å². The zero-order valence-electron chi connectivity index (χ0n) is 8.32. The molecule has 0 fully saturated rings. The number of fused-ring (bicyclic) bond motifs is 1. The third-order valence-electron chi connectivity index (χ3n) is 2.33. The molecular formula is C11H12N2O. The highest BCUT2D eigenvalue weighted by atomic mass is 16.1. The number of carbonyl (C=O) groups is 1. The molecule has 14 heavy (non-hydrogen) atoms. The van der Waals surface area contributed by atoms with Crippen LogP contribution in [0.2, 0.25) is 0 Å². The van der Waals surface area contributed by atoms with E-state index in [1.165, 1.54) is 0 Å². The molecule has 0 saturated heterocycles. The molecule has 3 nitrogen and oxygen atoms in total. The van der Waals surface area contributed by atoms with E-state index in [9.17, 15) is 4.79 Å². The molecule has 72 valence electrons. The molecule has 0 aromatic carbocycles. The van der Waals surface area contributed by atoms with Gasteiger partial charge in [0.1, 0.15) is 6.33 Å². The highest BCUT2D eigenvalue weighted by Gasteiger charge is 2.20. The Morgan fingerprint density at radius 2 is 2.14 bits per heavy atom. The van der Waals surface area contributed by atoms with Crippen molar-refractivity contribution < 1.29 is 4.79 Å². The molecular weight excluding hydrogens is 176 g/mol. The molecule has 1 heterocycles. The van der Waals surface area contributed by atoms with Crippen molar-refractivity contribution in [2.45, 2.75) is 26.2 Å². The molecule has 1 aromatic heterocycles. The summed E-state index contributed by atoms with van der Waals surface area (Å²) < 4.78 is 0. The number of hydrogen-bond donors (Lipinski definition) is 0. The summed E-state index contributed by atoms with van der Waals surface area (Å²) in [6, 6.07) is 0. The molecule has 2 rings (SSSR count). The van der Waals surface area contributed by atoms with Crippen LogP contribution >= 0.6 is 0 Å². The Kier molecular flexibility index (Phi) is 2.15. The van der Waals surface area contributed by atoms with Gasteiger partial charge in [-0.1, -0.05) is 19.9 Å². The van der Waals surface area contributed by atoms with Gasteiger partial charge in [0.25, 0.3) is 0 Å². The first-order valence-corrected chi connectivity index (χ1v) is 4.74. The topological polar surface area (TPSA) is 42.9 Å². The fraction of sp³-hybridized carbons (Fsp3) is 0.364. The smallest absolute Gasteiger partial charge is 0.189 e. The second-order valence-electron chi connectivity index (χ2n) is 3.71. The molecule has 0 saturated carbocycles. The van der Waals surface area contributed by atoms with Gasteiger partial charge in [0.2, 0.25) is 0 Å². The van der Waals surface area contributed by atoms with Crippen LogP contribution in [-0.4, -0.2) is 15.8 Å². The number of nitrogens with zero attached hydrogens (tertiary/aromatic N) is 2. The van der Waals surface area contributed by atoms with E-state index in [2.05, 4.69) is 9.97 Å². The van der Waals surface area contributed by atoms with Crippen LogP contribution in [0.1, 0.15) is 41.5 Å². The molecule has 0 atom stereocenters. The van der Waals surface area contributed by atoms with Crippen LogP contribution in [0.5, 0.6) is 0 Å². The maximum Gasteiger partial charge on any atom is 0.189 e. The minimum absolute atomic E-state index is 0.0375. The lowest BCUT2D eigenvalue weighted by Gasteiger charge is -2.14. The fourth-order valence-corrected chi connectivity index (χ4v) is 1.66. The maximum absolute atomic E-state index is 11.6. The molecule has 0 N–H and O–H groups in total. The van der Waals surface area contributed by atoms with Crippen molar-refractivity contribution in [3.05, 3.63) is 35.4 Å². The monoisotopic (exact) mass is 188 g/mol. The molecule has 0 bridgehead atoms. The van der Waals surface area contributed by atoms with Gasteiger partial charge in [0, 0.05) is 6.42 Å². The minimum Gasteiger partial charge on any atom is -0.289 e. The van der Waals surface area contributed by atoms with Crippen LogP contribution in [0.4, 0.5) is 0 Å². The predicted molar refractivity (Wildman–Crippen MR) is 53.3 cm³/mol. The Labute approximate surface area is 82.9 Å². The quantitative estimate of drug-likeness (QED) is 0.676. The van der Waals surface area contributed by atoms with Crippen LogP contribution in [-0.2, 0) is 6.42 Å². The van der Waals surface area contributed by atoms with Gasteiger partial charge >= 0.3 is 0 Å². The summed E-state index contributed by atoms with van der Waals surface area (Å²) in [5, 5.41) is 0. The standard InChI is InChI=1S/C11H12N2O/c1-7(2)11-10-8(12-6-13-11)4-3-5-9(10)14/h3,5-7H,4H2,1-2H3. The van der Waals surface area contributed by atoms with Gasteiger partial charge in [-0.3, -0.25) is 4.79 Å². The molecule has 0 aliphatic heterocycles. The SMILES string of the molecule is CC(C)c1ncnc2c1C(=O)C=CC2. The Balaban J connectivity index is 2.61. The first-order valence-electron chi connectivity index (χ1n) is 4.74. The van der Waals surface area contributed by atoms with Crippen LogP contribution in [0.3, 0.4) is 0 Å². The minimum atomic E-state index is 0.0375. The number of aromatic nitrogens is 2. The largest absolute Gasteiger partial charge is 0.289 e. The van der Waals surface area contributed by atoms with E-state index in [-0.39, 0.29) is 11.7 Å². The summed E-state index contributed by atoms with van der Waals surface area (Å²) in [4.78, 5) is 19.9. The first kappa shape index (κ1) is 9.06. The molecule has 0 radical (unpaired) electrons. The normalized spacial score (nSPS) is 14.6. The number of rotatable bonds is 1. The molecule has 0 spiro atoms. The lowest BCUT2D eigenvalue weighted by Crippen LogP contribution is -2.14. The van der Waals surface area contributed by atoms with Gasteiger partial charge in [0.05, 0.1) is 17.0 Å². The van der Waals surface area contributed by atoms with Crippen molar-refractivity contribution in [1.82, 2.24) is 9.97 Å². The van der Waals surface area contributed by atoms with Crippen molar-refractivity contribution >= 4 is 5.78 Å². The van der Waals surface area contributed by atoms with Crippen molar-refractivity contribution in [2.75, 3.05) is 0 Å². The Morgan fingerprint density at radius 3 is 2.86 bits per heavy atom. The van der Waals surface area contributed by atoms with Crippen molar-refractivity contribution in [2.24, 2.45) is 0 Å². The average molecular weight is 188 g/mol. The summed E-state index contributed by atoms with van der Waals surface area (Å²) in [5.41, 5.74) is 2.44. The molecule has 3 heteroatoms. The molecule has 1 aliphatic carbocycles. The van der Waals surface area contributed by atoms with E-state index in [0.29, 0.717) is 5.56 Å². The summed E-state index contributed by atoms with van der Waals surface area (Å²) in [5.74, 6) is 0.303. The second kappa shape index (κ2) is 3.33. The number of hydrogen-bond acceptors (Lipinski definition) is 3. The van der Waals surface area contributed by atoms with Gasteiger partial charge in [-0.2, -0.15) is 0 Å². The third-order valence-corrected chi connectivity index (χ3v) is 2.33. The van der Waals surface area contributed by atoms with E-state index >= 15 is 0 Å². The molecule has 1 aliphatic rings. The van der Waals surface area contributed by atoms with Crippen LogP contribution in [0, 0.1) is 0 Å². The first-order chi connectivity index (χ1) is 6.70. The highest BCUT2D eigenvalue weighted by Crippen LogP contribution is 2.22. The van der Waals surface area contributed by atoms with E-state index in [1.54, 1.807) is 12.4 Å². The Morgan fingerprint density at radius 1 is 1.36 bits per heavy atom. The molecule has 1 aromatic rings. The van der Waals surface area contributed by atoms with E-state index < -0.39 is 0 Å². The van der Waals surface area contributed by atoms with Gasteiger partial charge < -0.3 is 0 Å². The van der Waals surface area contributed by atoms with Gasteiger partial charge in [0.15, 0.2) is 5.78 Å². The van der Waals surface area contributed by atoms with Crippen LogP contribution in [0.25, 0.3) is 0 Å². The Hall–Kier alpha value is -1.51. The Bertz CT molecular complexity index is 408. The summed E-state index contributed by atoms with van der Waals surface area (Å²) >= 11 is 0. The van der Waals surface area contributed by atoms with Crippen LogP contribution in [0.15, 0.2) is 18.5 Å². The number of allylic oxidation sites excluding steroid dienone is 2. The maximum atomic E-state index is 11.6. The molecule has 0 unspecified atom stereocenters. The van der Waals surface area contributed by atoms with E-state index in [1.807, 2.05) is 19.9 Å².